The Hall–Kier alpha value is -2.48. The SMILES string of the molecule is COCOc1cc(Cl)cnc1-c1nnc(NC2CCCN(C)C2)c2ccccc12. The first-order chi connectivity index (χ1) is 14.2. The molecule has 7 nitrogen and oxygen atoms in total. The first kappa shape index (κ1) is 19.8. The maximum absolute atomic E-state index is 6.11. The third-order valence-electron chi connectivity index (χ3n) is 5.03. The molecule has 152 valence electrons. The van der Waals surface area contributed by atoms with Gasteiger partial charge in [-0.2, -0.15) is 0 Å². The molecule has 0 radical (unpaired) electrons. The molecule has 4 rings (SSSR count). The lowest BCUT2D eigenvalue weighted by Crippen LogP contribution is -2.40. The van der Waals surface area contributed by atoms with Crippen LogP contribution in [0.3, 0.4) is 0 Å². The third kappa shape index (κ3) is 4.42. The number of aromatic nitrogens is 3. The standard InChI is InChI=1S/C21H24ClN5O2/c1-27-9-5-6-15(12-27)24-21-17-8-4-3-7-16(17)19(25-26-21)20-18(29-13-28-2)10-14(22)11-23-20/h3-4,7-8,10-11,15H,5-6,9,12-13H2,1-2H3,(H,24,26). The van der Waals surface area contributed by atoms with Crippen LogP contribution in [0.2, 0.25) is 5.02 Å². The minimum absolute atomic E-state index is 0.0925. The summed E-state index contributed by atoms with van der Waals surface area (Å²) in [7, 11) is 3.71. The molecule has 8 heteroatoms. The molecule has 1 atom stereocenters. The van der Waals surface area contributed by atoms with E-state index in [9.17, 15) is 0 Å². The Balaban J connectivity index is 1.74. The van der Waals surface area contributed by atoms with E-state index in [0.29, 0.717) is 28.2 Å². The zero-order valence-electron chi connectivity index (χ0n) is 16.6. The minimum Gasteiger partial charge on any atom is -0.465 e. The monoisotopic (exact) mass is 413 g/mol. The van der Waals surface area contributed by atoms with Gasteiger partial charge >= 0.3 is 0 Å². The second kappa shape index (κ2) is 8.90. The van der Waals surface area contributed by atoms with Crippen LogP contribution in [0.5, 0.6) is 5.75 Å². The average Bonchev–Trinajstić information content (AvgIpc) is 2.73. The van der Waals surface area contributed by atoms with E-state index in [2.05, 4.69) is 32.4 Å². The lowest BCUT2D eigenvalue weighted by Gasteiger charge is -2.30. The highest BCUT2D eigenvalue weighted by Crippen LogP contribution is 2.35. The number of hydrogen-bond donors (Lipinski definition) is 1. The number of methoxy groups -OCH3 is 1. The Kier molecular flexibility index (Phi) is 6.08. The Bertz CT molecular complexity index is 1000. The summed E-state index contributed by atoms with van der Waals surface area (Å²) in [6, 6.07) is 10.1. The second-order valence-corrected chi connectivity index (χ2v) is 7.68. The molecule has 0 bridgehead atoms. The number of anilines is 1. The molecule has 3 heterocycles. The number of halogens is 1. The van der Waals surface area contributed by atoms with Crippen LogP contribution in [0.15, 0.2) is 36.5 Å². The molecule has 0 spiro atoms. The third-order valence-corrected chi connectivity index (χ3v) is 5.24. The number of piperidine rings is 1. The number of benzene rings is 1. The molecule has 2 aromatic heterocycles. The number of nitrogens with one attached hydrogen (secondary N) is 1. The number of ether oxygens (including phenoxy) is 2. The highest BCUT2D eigenvalue weighted by molar-refractivity contribution is 6.30. The molecule has 1 N–H and O–H groups in total. The topological polar surface area (TPSA) is 72.4 Å². The minimum atomic E-state index is 0.0925. The van der Waals surface area contributed by atoms with Gasteiger partial charge in [0.15, 0.2) is 18.4 Å². The zero-order valence-corrected chi connectivity index (χ0v) is 17.3. The normalized spacial score (nSPS) is 17.4. The summed E-state index contributed by atoms with van der Waals surface area (Å²) in [5, 5.41) is 15.0. The van der Waals surface area contributed by atoms with E-state index in [1.54, 1.807) is 19.4 Å². The van der Waals surface area contributed by atoms with E-state index in [4.69, 9.17) is 21.1 Å². The van der Waals surface area contributed by atoms with Crippen LogP contribution in [0.1, 0.15) is 12.8 Å². The van der Waals surface area contributed by atoms with Crippen LogP contribution in [0, 0.1) is 0 Å². The van der Waals surface area contributed by atoms with E-state index in [1.165, 1.54) is 6.42 Å². The van der Waals surface area contributed by atoms with Crippen molar-refractivity contribution in [1.29, 1.82) is 0 Å². The molecule has 1 aliphatic heterocycles. The van der Waals surface area contributed by atoms with Crippen molar-refractivity contribution < 1.29 is 9.47 Å². The van der Waals surface area contributed by atoms with Gasteiger partial charge in [0, 0.05) is 42.7 Å². The highest BCUT2D eigenvalue weighted by Gasteiger charge is 2.21. The molecule has 3 aromatic rings. The van der Waals surface area contributed by atoms with Crippen LogP contribution >= 0.6 is 11.6 Å². The van der Waals surface area contributed by atoms with Gasteiger partial charge in [-0.05, 0) is 26.4 Å². The lowest BCUT2D eigenvalue weighted by molar-refractivity contribution is 0.0513. The number of likely N-dealkylation sites (tertiary alicyclic amines) is 1. The number of hydrogen-bond acceptors (Lipinski definition) is 7. The quantitative estimate of drug-likeness (QED) is 0.615. The van der Waals surface area contributed by atoms with E-state index in [-0.39, 0.29) is 6.79 Å². The van der Waals surface area contributed by atoms with Gasteiger partial charge in [0.2, 0.25) is 0 Å². The Labute approximate surface area is 175 Å². The number of likely N-dealkylation sites (N-methyl/N-ethyl adjacent to an activating group) is 1. The second-order valence-electron chi connectivity index (χ2n) is 7.24. The van der Waals surface area contributed by atoms with Crippen molar-refractivity contribution in [3.63, 3.8) is 0 Å². The number of rotatable bonds is 6. The molecule has 1 unspecified atom stereocenters. The van der Waals surface area contributed by atoms with E-state index < -0.39 is 0 Å². The van der Waals surface area contributed by atoms with Crippen molar-refractivity contribution in [3.05, 3.63) is 41.6 Å². The van der Waals surface area contributed by atoms with Gasteiger partial charge in [-0.15, -0.1) is 10.2 Å². The molecule has 1 saturated heterocycles. The van der Waals surface area contributed by atoms with Crippen LogP contribution in [0.25, 0.3) is 22.2 Å². The molecule has 1 aromatic carbocycles. The van der Waals surface area contributed by atoms with E-state index in [1.807, 2.05) is 24.3 Å². The fraction of sp³-hybridized carbons (Fsp3) is 0.381. The predicted octanol–water partition coefficient (Wildman–Crippen LogP) is 3.83. The molecule has 0 saturated carbocycles. The van der Waals surface area contributed by atoms with Gasteiger partial charge in [-0.1, -0.05) is 35.9 Å². The Morgan fingerprint density at radius 1 is 1.21 bits per heavy atom. The maximum Gasteiger partial charge on any atom is 0.188 e. The van der Waals surface area contributed by atoms with Gasteiger partial charge in [0.25, 0.3) is 0 Å². The summed E-state index contributed by atoms with van der Waals surface area (Å²) in [6.07, 6.45) is 3.87. The fourth-order valence-electron chi connectivity index (χ4n) is 3.69. The summed E-state index contributed by atoms with van der Waals surface area (Å²) in [5.74, 6) is 1.30. The van der Waals surface area contributed by atoms with Crippen molar-refractivity contribution in [3.8, 4) is 17.1 Å². The molecule has 0 aliphatic carbocycles. The van der Waals surface area contributed by atoms with Gasteiger partial charge in [0.1, 0.15) is 11.4 Å². The Morgan fingerprint density at radius 2 is 2.03 bits per heavy atom. The molecule has 0 amide bonds. The molecule has 1 fully saturated rings. The summed E-state index contributed by atoms with van der Waals surface area (Å²) in [6.45, 7) is 2.22. The van der Waals surface area contributed by atoms with Crippen LogP contribution in [0.4, 0.5) is 5.82 Å². The highest BCUT2D eigenvalue weighted by atomic mass is 35.5. The summed E-state index contributed by atoms with van der Waals surface area (Å²) >= 11 is 6.11. The van der Waals surface area contributed by atoms with Crippen molar-refractivity contribution in [1.82, 2.24) is 20.1 Å². The van der Waals surface area contributed by atoms with Crippen LogP contribution in [-0.2, 0) is 4.74 Å². The molecule has 29 heavy (non-hydrogen) atoms. The lowest BCUT2D eigenvalue weighted by atomic mass is 10.0. The van der Waals surface area contributed by atoms with E-state index >= 15 is 0 Å². The van der Waals surface area contributed by atoms with Gasteiger partial charge in [-0.3, -0.25) is 0 Å². The van der Waals surface area contributed by atoms with Crippen molar-refractivity contribution in [2.45, 2.75) is 18.9 Å². The van der Waals surface area contributed by atoms with Gasteiger partial charge in [0.05, 0.1) is 5.02 Å². The zero-order chi connectivity index (χ0) is 20.2. The number of nitrogens with zero attached hydrogens (tertiary/aromatic N) is 4. The van der Waals surface area contributed by atoms with Gasteiger partial charge in [-0.25, -0.2) is 4.98 Å². The predicted molar refractivity (Wildman–Crippen MR) is 114 cm³/mol. The average molecular weight is 414 g/mol. The molecular formula is C21H24ClN5O2. The Morgan fingerprint density at radius 3 is 2.83 bits per heavy atom. The number of pyridine rings is 1. The van der Waals surface area contributed by atoms with Crippen LogP contribution in [-0.4, -0.2) is 60.2 Å². The van der Waals surface area contributed by atoms with Crippen LogP contribution < -0.4 is 10.1 Å². The largest absolute Gasteiger partial charge is 0.465 e. The molecular weight excluding hydrogens is 390 g/mol. The summed E-state index contributed by atoms with van der Waals surface area (Å²) in [4.78, 5) is 6.80. The smallest absolute Gasteiger partial charge is 0.188 e. The summed E-state index contributed by atoms with van der Waals surface area (Å²) in [5.41, 5.74) is 1.23. The van der Waals surface area contributed by atoms with Crippen molar-refractivity contribution >= 4 is 28.2 Å². The van der Waals surface area contributed by atoms with Crippen molar-refractivity contribution in [2.24, 2.45) is 0 Å². The first-order valence-electron chi connectivity index (χ1n) is 9.64. The van der Waals surface area contributed by atoms with E-state index in [0.717, 1.165) is 36.1 Å². The van der Waals surface area contributed by atoms with Crippen molar-refractivity contribution in [2.75, 3.05) is 39.4 Å². The fourth-order valence-corrected chi connectivity index (χ4v) is 3.84. The summed E-state index contributed by atoms with van der Waals surface area (Å²) < 4.78 is 10.7. The maximum atomic E-state index is 6.11. The molecule has 1 aliphatic rings. The number of fused-ring (bicyclic) bond motifs is 1. The first-order valence-corrected chi connectivity index (χ1v) is 10.0. The van der Waals surface area contributed by atoms with Gasteiger partial charge < -0.3 is 19.7 Å².